The van der Waals surface area contributed by atoms with Crippen molar-refractivity contribution in [3.8, 4) is 22.0 Å². The molecule has 4 aromatic rings. The van der Waals surface area contributed by atoms with Gasteiger partial charge in [-0.2, -0.15) is 10.2 Å². The summed E-state index contributed by atoms with van der Waals surface area (Å²) in [4.78, 5) is 42.4. The van der Waals surface area contributed by atoms with Crippen molar-refractivity contribution >= 4 is 30.8 Å². The van der Waals surface area contributed by atoms with Crippen LogP contribution in [0.4, 0.5) is 5.69 Å². The second kappa shape index (κ2) is 12.0. The van der Waals surface area contributed by atoms with Crippen LogP contribution in [0.25, 0.3) is 22.0 Å². The van der Waals surface area contributed by atoms with Gasteiger partial charge in [0.25, 0.3) is 5.91 Å². The van der Waals surface area contributed by atoms with Crippen molar-refractivity contribution < 1.29 is 82.8 Å². The molecule has 33 heavy (non-hydrogen) atoms. The van der Waals surface area contributed by atoms with E-state index in [1.54, 1.807) is 41.6 Å². The van der Waals surface area contributed by atoms with Gasteiger partial charge in [0, 0.05) is 36.6 Å². The van der Waals surface area contributed by atoms with Crippen LogP contribution < -0.4 is 74.2 Å². The Morgan fingerprint density at radius 1 is 1.27 bits per heavy atom. The van der Waals surface area contributed by atoms with Crippen molar-refractivity contribution in [2.75, 3.05) is 5.32 Å². The van der Waals surface area contributed by atoms with Gasteiger partial charge in [0.05, 0.1) is 25.4 Å². The van der Waals surface area contributed by atoms with Gasteiger partial charge in [-0.05, 0) is 12.1 Å². The van der Waals surface area contributed by atoms with Crippen LogP contribution in [-0.4, -0.2) is 35.4 Å². The number of anilines is 1. The van der Waals surface area contributed by atoms with Crippen LogP contribution in [0.15, 0.2) is 48.4 Å². The summed E-state index contributed by atoms with van der Waals surface area (Å²) in [6, 6.07) is 5.40. The fourth-order valence-corrected chi connectivity index (χ4v) is 3.68. The van der Waals surface area contributed by atoms with Gasteiger partial charge in [0.1, 0.15) is 23.1 Å². The van der Waals surface area contributed by atoms with Crippen molar-refractivity contribution in [3.63, 3.8) is 0 Å². The second-order valence-electron chi connectivity index (χ2n) is 6.25. The van der Waals surface area contributed by atoms with Gasteiger partial charge in [-0.1, -0.05) is 6.07 Å². The van der Waals surface area contributed by atoms with Crippen molar-refractivity contribution in [3.05, 3.63) is 54.1 Å². The summed E-state index contributed by atoms with van der Waals surface area (Å²) in [6.45, 7) is -0.541. The SMILES string of the molecule is Cn1cc(NC(=O)c2csc(-c3cnn(COP(=O)([O-])[O-])c3)n2)c(-c2ccccn2)n1.[Na+].[Na+]. The van der Waals surface area contributed by atoms with Crippen LogP contribution in [0.3, 0.4) is 0 Å². The molecule has 4 aromatic heterocycles. The normalized spacial score (nSPS) is 10.9. The predicted molar refractivity (Wildman–Crippen MR) is 106 cm³/mol. The number of carbonyl (C=O) groups excluding carboxylic acids is 1. The summed E-state index contributed by atoms with van der Waals surface area (Å²) in [5.74, 6) is -0.429. The van der Waals surface area contributed by atoms with Gasteiger partial charge >= 0.3 is 59.1 Å². The fraction of sp³-hybridized carbons (Fsp3) is 0.118. The third-order valence-corrected chi connectivity index (χ3v) is 5.27. The monoisotopic (exact) mass is 505 g/mol. The van der Waals surface area contributed by atoms with E-state index in [-0.39, 0.29) is 64.8 Å². The Labute approximate surface area is 236 Å². The number of pyridine rings is 1. The smallest absolute Gasteiger partial charge is 0.790 e. The van der Waals surface area contributed by atoms with Crippen LogP contribution in [0.5, 0.6) is 0 Å². The zero-order chi connectivity index (χ0) is 22.0. The molecule has 0 fully saturated rings. The molecule has 16 heteroatoms. The number of aromatic nitrogens is 6. The first-order valence-corrected chi connectivity index (χ1v) is 11.0. The van der Waals surface area contributed by atoms with Crippen molar-refractivity contribution in [2.24, 2.45) is 7.05 Å². The maximum atomic E-state index is 12.7. The molecule has 0 unspecified atom stereocenters. The maximum Gasteiger partial charge on any atom is 1.00 e. The molecule has 1 amide bonds. The Balaban J connectivity index is 0.00000193. The first-order valence-electron chi connectivity index (χ1n) is 8.70. The molecule has 0 radical (unpaired) electrons. The van der Waals surface area contributed by atoms with Crippen LogP contribution in [0.1, 0.15) is 10.5 Å². The molecule has 0 atom stereocenters. The molecular weight excluding hydrogens is 491 g/mol. The molecule has 0 saturated carbocycles. The Bertz CT molecular complexity index is 1270. The molecule has 4 rings (SSSR count). The first-order chi connectivity index (χ1) is 14.8. The third-order valence-electron chi connectivity index (χ3n) is 3.95. The van der Waals surface area contributed by atoms with E-state index in [0.29, 0.717) is 27.6 Å². The van der Waals surface area contributed by atoms with Crippen LogP contribution in [0, 0.1) is 0 Å². The maximum absolute atomic E-state index is 12.7. The summed E-state index contributed by atoms with van der Waals surface area (Å²) in [5.41, 5.74) is 2.36. The minimum Gasteiger partial charge on any atom is -0.790 e. The quantitative estimate of drug-likeness (QED) is 0.191. The van der Waals surface area contributed by atoms with Gasteiger partial charge in [0.15, 0.2) is 0 Å². The van der Waals surface area contributed by atoms with E-state index in [1.165, 1.54) is 23.7 Å². The average molecular weight is 505 g/mol. The number of nitrogens with zero attached hydrogens (tertiary/aromatic N) is 6. The molecule has 1 N–H and O–H groups in total. The number of nitrogens with one attached hydrogen (secondary N) is 1. The number of carbonyl (C=O) groups is 1. The minimum atomic E-state index is -5.10. The average Bonchev–Trinajstić information content (AvgIpc) is 3.46. The summed E-state index contributed by atoms with van der Waals surface area (Å²) >= 11 is 1.21. The van der Waals surface area contributed by atoms with Gasteiger partial charge < -0.3 is 24.2 Å². The van der Waals surface area contributed by atoms with E-state index in [4.69, 9.17) is 0 Å². The second-order valence-corrected chi connectivity index (χ2v) is 8.26. The van der Waals surface area contributed by atoms with Crippen LogP contribution in [0.2, 0.25) is 0 Å². The number of thiazole rings is 1. The van der Waals surface area contributed by atoms with E-state index >= 15 is 0 Å². The minimum absolute atomic E-state index is 0. The summed E-state index contributed by atoms with van der Waals surface area (Å²) in [5, 5.41) is 13.1. The number of aryl methyl sites for hydroxylation is 1. The van der Waals surface area contributed by atoms with Gasteiger partial charge in [-0.3, -0.25) is 14.5 Å². The van der Waals surface area contributed by atoms with Crippen LogP contribution in [-0.2, 0) is 22.9 Å². The van der Waals surface area contributed by atoms with Gasteiger partial charge in [-0.15, -0.1) is 11.3 Å². The molecule has 160 valence electrons. The number of phosphoric acid groups is 1. The largest absolute Gasteiger partial charge is 1.00 e. The summed E-state index contributed by atoms with van der Waals surface area (Å²) in [7, 11) is -3.36. The van der Waals surface area contributed by atoms with Gasteiger partial charge in [0.2, 0.25) is 0 Å². The Morgan fingerprint density at radius 3 is 2.76 bits per heavy atom. The zero-order valence-electron chi connectivity index (χ0n) is 17.9. The van der Waals surface area contributed by atoms with E-state index < -0.39 is 20.5 Å². The zero-order valence-corrected chi connectivity index (χ0v) is 23.6. The molecule has 0 aromatic carbocycles. The topological polar surface area (TPSA) is 163 Å². The molecule has 0 spiro atoms. The van der Waals surface area contributed by atoms with E-state index in [9.17, 15) is 19.1 Å². The standard InChI is InChI=1S/C17H16N7O5PS.2Na/c1-23-8-13(15(22-23)12-4-2-3-5-18-12)20-16(25)14-9-31-17(21-14)11-6-19-24(7-11)10-29-30(26,27)28;;/h2-9H,10H2,1H3,(H,20,25)(H2,26,27,28);;/q;2*+1/p-2. The Hall–Kier alpha value is -1.22. The molecule has 0 bridgehead atoms. The Kier molecular flexibility index (Phi) is 10.2. The summed E-state index contributed by atoms with van der Waals surface area (Å²) < 4.78 is 17.5. The molecule has 4 heterocycles. The van der Waals surface area contributed by atoms with Crippen molar-refractivity contribution in [2.45, 2.75) is 6.73 Å². The fourth-order valence-electron chi connectivity index (χ4n) is 2.64. The predicted octanol–water partition coefficient (Wildman–Crippen LogP) is -5.13. The molecule has 0 aliphatic rings. The first kappa shape index (κ1) is 28.0. The van der Waals surface area contributed by atoms with Gasteiger partial charge in [-0.25, -0.2) is 9.67 Å². The number of phosphoric ester groups is 1. The number of rotatable bonds is 7. The molecule has 0 aliphatic heterocycles. The molecule has 12 nitrogen and oxygen atoms in total. The van der Waals surface area contributed by atoms with Crippen LogP contribution >= 0.6 is 19.2 Å². The molecular formula is C17H14N7Na2O5PS. The number of hydrogen-bond donors (Lipinski definition) is 1. The molecule has 0 aliphatic carbocycles. The number of amides is 1. The van der Waals surface area contributed by atoms with Crippen molar-refractivity contribution in [1.29, 1.82) is 0 Å². The Morgan fingerprint density at radius 2 is 2.06 bits per heavy atom. The third kappa shape index (κ3) is 7.38. The molecule has 0 saturated heterocycles. The number of hydrogen-bond acceptors (Lipinski definition) is 10. The van der Waals surface area contributed by atoms with Crippen molar-refractivity contribution in [1.82, 2.24) is 29.5 Å². The van der Waals surface area contributed by atoms with E-state index in [2.05, 4.69) is 30.0 Å². The van der Waals surface area contributed by atoms with E-state index in [1.807, 2.05) is 6.07 Å². The van der Waals surface area contributed by atoms with E-state index in [0.717, 1.165) is 4.68 Å². The summed E-state index contributed by atoms with van der Waals surface area (Å²) in [6.07, 6.45) is 6.19.